The quantitative estimate of drug-likeness (QED) is 0.389. The van der Waals surface area contributed by atoms with Crippen molar-refractivity contribution in [2.24, 2.45) is 0 Å². The molecule has 0 fully saturated rings. The first-order valence-corrected chi connectivity index (χ1v) is 11.4. The summed E-state index contributed by atoms with van der Waals surface area (Å²) in [4.78, 5) is 26.5. The van der Waals surface area contributed by atoms with Gasteiger partial charge in [-0.25, -0.2) is 4.39 Å². The van der Waals surface area contributed by atoms with Crippen LogP contribution in [0.4, 0.5) is 10.1 Å². The third-order valence-electron chi connectivity index (χ3n) is 6.25. The molecule has 7 heteroatoms. The summed E-state index contributed by atoms with van der Waals surface area (Å²) < 4.78 is 15.0. The lowest BCUT2D eigenvalue weighted by molar-refractivity contribution is -0.136. The zero-order valence-electron chi connectivity index (χ0n) is 18.9. The Kier molecular flexibility index (Phi) is 6.06. The molecule has 0 atom stereocenters. The highest BCUT2D eigenvalue weighted by Crippen LogP contribution is 2.28. The second-order valence-corrected chi connectivity index (χ2v) is 8.56. The van der Waals surface area contributed by atoms with Crippen LogP contribution in [0.5, 0.6) is 0 Å². The standard InChI is InChI=1S/C28H24FN3O3/c29-23-9-5-19(6-10-23)26-15-13-25(14-16-27(33)34)32(26)30-28(35)20-7-11-24(12-8-20)31-17-21-3-1-2-4-22(21)18-31/h1-13,15H,14,16-18H2,(H,30,35)(H,33,34). The maximum Gasteiger partial charge on any atom is 0.303 e. The zero-order chi connectivity index (χ0) is 24.4. The SMILES string of the molecule is O=C(O)CCc1ccc(-c2ccc(F)cc2)n1NC(=O)c1ccc(N2Cc3ccccc3C2)cc1. The summed E-state index contributed by atoms with van der Waals surface area (Å²) >= 11 is 0. The van der Waals surface area contributed by atoms with Gasteiger partial charge in [0.15, 0.2) is 0 Å². The first kappa shape index (κ1) is 22.4. The number of carbonyl (C=O) groups is 2. The third-order valence-corrected chi connectivity index (χ3v) is 6.25. The molecule has 176 valence electrons. The molecule has 1 aromatic heterocycles. The Bertz CT molecular complexity index is 1350. The number of aliphatic carboxylic acids is 1. The lowest BCUT2D eigenvalue weighted by Crippen LogP contribution is -2.25. The molecule has 2 N–H and O–H groups in total. The van der Waals surface area contributed by atoms with Gasteiger partial charge in [0.25, 0.3) is 5.91 Å². The maximum atomic E-state index is 13.4. The van der Waals surface area contributed by atoms with Gasteiger partial charge in [0.1, 0.15) is 5.82 Å². The number of aromatic nitrogens is 1. The minimum Gasteiger partial charge on any atom is -0.481 e. The van der Waals surface area contributed by atoms with E-state index in [1.807, 2.05) is 24.3 Å². The molecule has 3 aromatic carbocycles. The van der Waals surface area contributed by atoms with E-state index in [4.69, 9.17) is 5.11 Å². The molecule has 1 amide bonds. The van der Waals surface area contributed by atoms with Gasteiger partial charge >= 0.3 is 5.97 Å². The van der Waals surface area contributed by atoms with Crippen LogP contribution in [0.2, 0.25) is 0 Å². The molecule has 35 heavy (non-hydrogen) atoms. The molecule has 0 spiro atoms. The number of anilines is 1. The summed E-state index contributed by atoms with van der Waals surface area (Å²) in [5, 5.41) is 9.11. The average Bonchev–Trinajstić information content (AvgIpc) is 3.47. The van der Waals surface area contributed by atoms with Gasteiger partial charge in [0.05, 0.1) is 12.1 Å². The van der Waals surface area contributed by atoms with Crippen LogP contribution in [0.3, 0.4) is 0 Å². The number of aryl methyl sites for hydroxylation is 1. The first-order valence-electron chi connectivity index (χ1n) is 11.4. The molecule has 0 aliphatic carbocycles. The Balaban J connectivity index is 1.36. The highest BCUT2D eigenvalue weighted by molar-refractivity contribution is 6.00. The Morgan fingerprint density at radius 3 is 2.14 bits per heavy atom. The van der Waals surface area contributed by atoms with Gasteiger partial charge in [-0.05, 0) is 71.8 Å². The summed E-state index contributed by atoms with van der Waals surface area (Å²) in [6.07, 6.45) is 0.168. The van der Waals surface area contributed by atoms with Crippen LogP contribution in [-0.2, 0) is 24.3 Å². The Morgan fingerprint density at radius 1 is 0.857 bits per heavy atom. The molecule has 4 aromatic rings. The number of carbonyl (C=O) groups excluding carboxylic acids is 1. The van der Waals surface area contributed by atoms with Gasteiger partial charge < -0.3 is 10.0 Å². The predicted molar refractivity (Wildman–Crippen MR) is 132 cm³/mol. The van der Waals surface area contributed by atoms with Crippen molar-refractivity contribution in [1.82, 2.24) is 4.68 Å². The van der Waals surface area contributed by atoms with Crippen molar-refractivity contribution in [3.05, 3.63) is 113 Å². The third kappa shape index (κ3) is 4.80. The highest BCUT2D eigenvalue weighted by atomic mass is 19.1. The monoisotopic (exact) mass is 469 g/mol. The zero-order valence-corrected chi connectivity index (χ0v) is 18.9. The summed E-state index contributed by atoms with van der Waals surface area (Å²) in [6.45, 7) is 1.66. The maximum absolute atomic E-state index is 13.4. The van der Waals surface area contributed by atoms with Crippen LogP contribution in [0, 0.1) is 5.82 Å². The molecular weight excluding hydrogens is 445 g/mol. The molecule has 6 nitrogen and oxygen atoms in total. The van der Waals surface area contributed by atoms with Crippen LogP contribution in [0.15, 0.2) is 84.9 Å². The van der Waals surface area contributed by atoms with Crippen LogP contribution in [0.25, 0.3) is 11.3 Å². The van der Waals surface area contributed by atoms with Crippen LogP contribution in [-0.4, -0.2) is 21.7 Å². The Hall–Kier alpha value is -4.39. The lowest BCUT2D eigenvalue weighted by Gasteiger charge is -2.18. The molecule has 1 aliphatic rings. The minimum absolute atomic E-state index is 0.0737. The number of amides is 1. The van der Waals surface area contributed by atoms with Crippen LogP contribution in [0.1, 0.15) is 33.6 Å². The van der Waals surface area contributed by atoms with E-state index >= 15 is 0 Å². The summed E-state index contributed by atoms with van der Waals surface area (Å²) in [5.74, 6) is -1.60. The van der Waals surface area contributed by atoms with Crippen molar-refractivity contribution in [1.29, 1.82) is 0 Å². The van der Waals surface area contributed by atoms with Gasteiger partial charge in [-0.3, -0.25) is 19.7 Å². The van der Waals surface area contributed by atoms with Crippen molar-refractivity contribution in [3.63, 3.8) is 0 Å². The van der Waals surface area contributed by atoms with Gasteiger partial charge in [-0.2, -0.15) is 0 Å². The van der Waals surface area contributed by atoms with Gasteiger partial charge in [-0.15, -0.1) is 0 Å². The van der Waals surface area contributed by atoms with E-state index in [-0.39, 0.29) is 24.6 Å². The van der Waals surface area contributed by atoms with Crippen LogP contribution >= 0.6 is 0 Å². The normalized spacial score (nSPS) is 12.4. The molecule has 0 unspecified atom stereocenters. The largest absolute Gasteiger partial charge is 0.481 e. The van der Waals surface area contributed by atoms with Crippen LogP contribution < -0.4 is 10.3 Å². The Morgan fingerprint density at radius 2 is 1.51 bits per heavy atom. The molecule has 5 rings (SSSR count). The van der Waals surface area contributed by atoms with E-state index in [2.05, 4.69) is 22.5 Å². The van der Waals surface area contributed by atoms with Gasteiger partial charge in [0.2, 0.25) is 0 Å². The van der Waals surface area contributed by atoms with E-state index in [9.17, 15) is 14.0 Å². The molecule has 0 radical (unpaired) electrons. The molecule has 1 aliphatic heterocycles. The van der Waals surface area contributed by atoms with Crippen molar-refractivity contribution < 1.29 is 19.1 Å². The smallest absolute Gasteiger partial charge is 0.303 e. The first-order chi connectivity index (χ1) is 17.0. The summed E-state index contributed by atoms with van der Waals surface area (Å²) in [5.41, 5.74) is 9.02. The van der Waals surface area contributed by atoms with Gasteiger partial charge in [0, 0.05) is 42.0 Å². The number of carboxylic acid groups (broad SMARTS) is 1. The minimum atomic E-state index is -0.924. The summed E-state index contributed by atoms with van der Waals surface area (Å²) in [6, 6.07) is 25.3. The van der Waals surface area contributed by atoms with Gasteiger partial charge in [-0.1, -0.05) is 24.3 Å². The van der Waals surface area contributed by atoms with E-state index in [1.165, 1.54) is 23.3 Å². The van der Waals surface area contributed by atoms with Crippen molar-refractivity contribution in [2.75, 3.05) is 10.3 Å². The second-order valence-electron chi connectivity index (χ2n) is 8.56. The number of halogens is 1. The van der Waals surface area contributed by atoms with E-state index < -0.39 is 5.97 Å². The fourth-order valence-corrected chi connectivity index (χ4v) is 4.39. The number of carboxylic acids is 1. The number of rotatable bonds is 7. The topological polar surface area (TPSA) is 74.6 Å². The highest BCUT2D eigenvalue weighted by Gasteiger charge is 2.19. The number of fused-ring (bicyclic) bond motifs is 1. The lowest BCUT2D eigenvalue weighted by atomic mass is 10.1. The fourth-order valence-electron chi connectivity index (χ4n) is 4.39. The number of hydrogen-bond acceptors (Lipinski definition) is 3. The average molecular weight is 470 g/mol. The van der Waals surface area contributed by atoms with Crippen molar-refractivity contribution >= 4 is 17.6 Å². The molecule has 0 saturated heterocycles. The number of nitrogens with one attached hydrogen (secondary N) is 1. The van der Waals surface area contributed by atoms with E-state index in [0.717, 1.165) is 18.8 Å². The summed E-state index contributed by atoms with van der Waals surface area (Å²) in [7, 11) is 0. The Labute approximate surface area is 202 Å². The van der Waals surface area contributed by atoms with Crippen molar-refractivity contribution in [2.45, 2.75) is 25.9 Å². The molecule has 0 bridgehead atoms. The number of benzene rings is 3. The van der Waals surface area contributed by atoms with Crippen molar-refractivity contribution in [3.8, 4) is 11.3 Å². The number of nitrogens with zero attached hydrogens (tertiary/aromatic N) is 2. The fraction of sp³-hybridized carbons (Fsp3) is 0.143. The number of hydrogen-bond donors (Lipinski definition) is 2. The second kappa shape index (κ2) is 9.46. The molecule has 2 heterocycles. The molecular formula is C28H24FN3O3. The molecule has 0 saturated carbocycles. The van der Waals surface area contributed by atoms with E-state index in [1.54, 1.807) is 41.1 Å². The van der Waals surface area contributed by atoms with E-state index in [0.29, 0.717) is 22.5 Å². The predicted octanol–water partition coefficient (Wildman–Crippen LogP) is 5.22.